The lowest BCUT2D eigenvalue weighted by molar-refractivity contribution is 0.0658. The normalized spacial score (nSPS) is 16.7. The van der Waals surface area contributed by atoms with Gasteiger partial charge in [-0.2, -0.15) is 5.10 Å². The second-order valence-electron chi connectivity index (χ2n) is 7.00. The fraction of sp³-hybridized carbons (Fsp3) is 0.421. The Morgan fingerprint density at radius 2 is 2.14 bits per heavy atom. The van der Waals surface area contributed by atoms with Crippen LogP contribution in [-0.2, 0) is 0 Å². The van der Waals surface area contributed by atoms with Crippen LogP contribution >= 0.6 is 24.8 Å². The third-order valence-electron chi connectivity index (χ3n) is 4.82. The van der Waals surface area contributed by atoms with Crippen LogP contribution in [0.15, 0.2) is 35.1 Å². The number of carbonyl (C=O) groups excluding carboxylic acids is 1. The molecule has 0 aliphatic carbocycles. The average Bonchev–Trinajstić information content (AvgIpc) is 3.30. The Balaban J connectivity index is 0.00000140. The van der Waals surface area contributed by atoms with Crippen LogP contribution in [0.25, 0.3) is 22.5 Å². The van der Waals surface area contributed by atoms with Crippen molar-refractivity contribution < 1.29 is 9.21 Å². The van der Waals surface area contributed by atoms with Crippen LogP contribution < -0.4 is 5.32 Å². The van der Waals surface area contributed by atoms with E-state index in [1.54, 1.807) is 12.5 Å². The molecule has 1 saturated heterocycles. The summed E-state index contributed by atoms with van der Waals surface area (Å²) in [4.78, 5) is 20.0. The van der Waals surface area contributed by atoms with Gasteiger partial charge in [-0.05, 0) is 39.0 Å². The third kappa shape index (κ3) is 3.87. The standard InChI is InChI=1S/C19H23N5O2.2ClH/c1-12(2)24-18-15(11-21-24)14(9-16(22-18)17-5-4-8-26-17)19(25)23-7-6-20-10-13(23)3;;/h4-5,8-9,11-13,20H,6-7,10H2,1-3H3;2*1H/t13-;;/m1../s1. The largest absolute Gasteiger partial charge is 0.463 e. The highest BCUT2D eigenvalue weighted by molar-refractivity contribution is 6.06. The number of piperazine rings is 1. The van der Waals surface area contributed by atoms with Crippen molar-refractivity contribution in [1.82, 2.24) is 25.0 Å². The van der Waals surface area contributed by atoms with E-state index in [9.17, 15) is 4.79 Å². The van der Waals surface area contributed by atoms with Crippen LogP contribution in [0.2, 0.25) is 0 Å². The summed E-state index contributed by atoms with van der Waals surface area (Å²) in [6.07, 6.45) is 3.36. The number of halogens is 2. The molecule has 0 aromatic carbocycles. The zero-order chi connectivity index (χ0) is 18.3. The summed E-state index contributed by atoms with van der Waals surface area (Å²) in [6, 6.07) is 5.79. The van der Waals surface area contributed by atoms with Gasteiger partial charge in [0, 0.05) is 31.7 Å². The van der Waals surface area contributed by atoms with Crippen molar-refractivity contribution in [1.29, 1.82) is 0 Å². The minimum Gasteiger partial charge on any atom is -0.463 e. The summed E-state index contributed by atoms with van der Waals surface area (Å²) in [5.41, 5.74) is 1.98. The molecule has 0 spiro atoms. The number of fused-ring (bicyclic) bond motifs is 1. The summed E-state index contributed by atoms with van der Waals surface area (Å²) in [6.45, 7) is 8.46. The molecule has 9 heteroatoms. The summed E-state index contributed by atoms with van der Waals surface area (Å²) >= 11 is 0. The summed E-state index contributed by atoms with van der Waals surface area (Å²) in [7, 11) is 0. The molecule has 1 fully saturated rings. The van der Waals surface area contributed by atoms with E-state index in [1.807, 2.05) is 41.6 Å². The van der Waals surface area contributed by atoms with Crippen LogP contribution in [0.3, 0.4) is 0 Å². The number of furan rings is 1. The zero-order valence-corrected chi connectivity index (χ0v) is 17.7. The van der Waals surface area contributed by atoms with Crippen molar-refractivity contribution in [3.63, 3.8) is 0 Å². The van der Waals surface area contributed by atoms with E-state index in [0.717, 1.165) is 18.5 Å². The van der Waals surface area contributed by atoms with Gasteiger partial charge in [-0.1, -0.05) is 0 Å². The Morgan fingerprint density at radius 3 is 2.79 bits per heavy atom. The van der Waals surface area contributed by atoms with Gasteiger partial charge in [-0.25, -0.2) is 9.67 Å². The predicted molar refractivity (Wildman–Crippen MR) is 113 cm³/mol. The highest BCUT2D eigenvalue weighted by atomic mass is 35.5. The summed E-state index contributed by atoms with van der Waals surface area (Å²) < 4.78 is 7.37. The van der Waals surface area contributed by atoms with Crippen molar-refractivity contribution in [2.24, 2.45) is 0 Å². The lowest BCUT2D eigenvalue weighted by Crippen LogP contribution is -2.52. The zero-order valence-electron chi connectivity index (χ0n) is 16.1. The van der Waals surface area contributed by atoms with Crippen LogP contribution in [-0.4, -0.2) is 51.2 Å². The van der Waals surface area contributed by atoms with Crippen LogP contribution in [0.5, 0.6) is 0 Å². The number of hydrogen-bond donors (Lipinski definition) is 1. The van der Waals surface area contributed by atoms with E-state index in [0.29, 0.717) is 29.2 Å². The minimum atomic E-state index is 0. The van der Waals surface area contributed by atoms with Crippen molar-refractivity contribution in [3.8, 4) is 11.5 Å². The molecular weight excluding hydrogens is 401 g/mol. The molecule has 152 valence electrons. The number of nitrogens with one attached hydrogen (secondary N) is 1. The Labute approximate surface area is 176 Å². The maximum Gasteiger partial charge on any atom is 0.255 e. The molecule has 0 unspecified atom stereocenters. The number of nitrogens with zero attached hydrogens (tertiary/aromatic N) is 4. The van der Waals surface area contributed by atoms with E-state index < -0.39 is 0 Å². The highest BCUT2D eigenvalue weighted by Crippen LogP contribution is 2.28. The molecule has 1 N–H and O–H groups in total. The quantitative estimate of drug-likeness (QED) is 0.693. The van der Waals surface area contributed by atoms with E-state index in [2.05, 4.69) is 17.3 Å². The fourth-order valence-electron chi connectivity index (χ4n) is 3.42. The second kappa shape index (κ2) is 8.94. The molecule has 3 aromatic rings. The first-order valence-electron chi connectivity index (χ1n) is 9.00. The van der Waals surface area contributed by atoms with Crippen molar-refractivity contribution in [2.45, 2.75) is 32.9 Å². The number of pyridine rings is 1. The van der Waals surface area contributed by atoms with Gasteiger partial charge in [-0.15, -0.1) is 24.8 Å². The first-order valence-corrected chi connectivity index (χ1v) is 9.00. The van der Waals surface area contributed by atoms with Gasteiger partial charge in [0.25, 0.3) is 5.91 Å². The highest BCUT2D eigenvalue weighted by Gasteiger charge is 2.27. The first kappa shape index (κ1) is 22.2. The molecule has 0 saturated carbocycles. The van der Waals surface area contributed by atoms with Gasteiger partial charge in [0.1, 0.15) is 5.69 Å². The summed E-state index contributed by atoms with van der Waals surface area (Å²) in [5.74, 6) is 0.660. The molecule has 0 bridgehead atoms. The molecule has 28 heavy (non-hydrogen) atoms. The van der Waals surface area contributed by atoms with Crippen LogP contribution in [0.1, 0.15) is 37.2 Å². The Kier molecular flexibility index (Phi) is 7.09. The van der Waals surface area contributed by atoms with Crippen molar-refractivity contribution >= 4 is 41.8 Å². The van der Waals surface area contributed by atoms with Crippen molar-refractivity contribution in [2.75, 3.05) is 19.6 Å². The maximum absolute atomic E-state index is 13.3. The van der Waals surface area contributed by atoms with E-state index in [-0.39, 0.29) is 42.8 Å². The average molecular weight is 426 g/mol. The van der Waals surface area contributed by atoms with Gasteiger partial charge >= 0.3 is 0 Å². The first-order chi connectivity index (χ1) is 12.6. The molecule has 1 atom stereocenters. The summed E-state index contributed by atoms with van der Waals surface area (Å²) in [5, 5.41) is 8.57. The monoisotopic (exact) mass is 425 g/mol. The van der Waals surface area contributed by atoms with Gasteiger partial charge in [0.05, 0.1) is 23.4 Å². The van der Waals surface area contributed by atoms with E-state index >= 15 is 0 Å². The minimum absolute atomic E-state index is 0. The predicted octanol–water partition coefficient (Wildman–Crippen LogP) is 3.55. The lowest BCUT2D eigenvalue weighted by atomic mass is 10.1. The second-order valence-corrected chi connectivity index (χ2v) is 7.00. The smallest absolute Gasteiger partial charge is 0.255 e. The van der Waals surface area contributed by atoms with E-state index in [1.165, 1.54) is 0 Å². The fourth-order valence-corrected chi connectivity index (χ4v) is 3.42. The molecule has 1 amide bonds. The molecular formula is C19H25Cl2N5O2. The maximum atomic E-state index is 13.3. The Bertz CT molecular complexity index is 939. The van der Waals surface area contributed by atoms with Crippen molar-refractivity contribution in [3.05, 3.63) is 36.2 Å². The van der Waals surface area contributed by atoms with Gasteiger partial charge < -0.3 is 14.6 Å². The number of hydrogen-bond acceptors (Lipinski definition) is 5. The number of rotatable bonds is 3. The molecule has 4 rings (SSSR count). The topological polar surface area (TPSA) is 76.2 Å². The molecule has 3 aromatic heterocycles. The van der Waals surface area contributed by atoms with Crippen LogP contribution in [0, 0.1) is 0 Å². The lowest BCUT2D eigenvalue weighted by Gasteiger charge is -2.34. The van der Waals surface area contributed by atoms with Gasteiger partial charge in [0.2, 0.25) is 0 Å². The molecule has 1 aliphatic rings. The Hall–Kier alpha value is -2.09. The third-order valence-corrected chi connectivity index (χ3v) is 4.82. The Morgan fingerprint density at radius 1 is 1.36 bits per heavy atom. The number of aromatic nitrogens is 3. The van der Waals surface area contributed by atoms with Gasteiger partial charge in [-0.3, -0.25) is 4.79 Å². The molecule has 4 heterocycles. The van der Waals surface area contributed by atoms with Crippen LogP contribution in [0.4, 0.5) is 0 Å². The van der Waals surface area contributed by atoms with E-state index in [4.69, 9.17) is 9.40 Å². The molecule has 1 aliphatic heterocycles. The van der Waals surface area contributed by atoms with Gasteiger partial charge in [0.15, 0.2) is 11.4 Å². The molecule has 0 radical (unpaired) electrons. The SMILES string of the molecule is CC(C)n1ncc2c(C(=O)N3CCNC[C@H]3C)cc(-c3ccco3)nc21.Cl.Cl. The molecule has 7 nitrogen and oxygen atoms in total. The number of carbonyl (C=O) groups is 1. The number of amides is 1.